The Morgan fingerprint density at radius 2 is 1.83 bits per heavy atom. The fourth-order valence-electron chi connectivity index (χ4n) is 2.31. The number of aromatic amines is 1. The number of hydrogen-bond donors (Lipinski definition) is 2. The van der Waals surface area contributed by atoms with Crippen LogP contribution in [0.5, 0.6) is 0 Å². The molecule has 1 aliphatic rings. The SMILES string of the molecule is c1cc2c3c(cccc3c1)NC(c1ccn[nH]1)=N2. The minimum absolute atomic E-state index is 0.804. The van der Waals surface area contributed by atoms with Crippen LogP contribution in [0, 0.1) is 0 Å². The second-order valence-electron chi connectivity index (χ2n) is 4.24. The highest BCUT2D eigenvalue weighted by atomic mass is 15.1. The Morgan fingerprint density at radius 3 is 2.67 bits per heavy atom. The first-order valence-electron chi connectivity index (χ1n) is 5.79. The number of rotatable bonds is 1. The molecule has 0 fully saturated rings. The molecule has 4 nitrogen and oxygen atoms in total. The van der Waals surface area contributed by atoms with Gasteiger partial charge in [0.15, 0.2) is 5.84 Å². The summed E-state index contributed by atoms with van der Waals surface area (Å²) in [4.78, 5) is 4.64. The summed E-state index contributed by atoms with van der Waals surface area (Å²) in [5.74, 6) is 0.804. The first-order valence-corrected chi connectivity index (χ1v) is 5.79. The fraction of sp³-hybridized carbons (Fsp3) is 0. The van der Waals surface area contributed by atoms with E-state index in [0.29, 0.717) is 0 Å². The quantitative estimate of drug-likeness (QED) is 0.679. The molecule has 0 unspecified atom stereocenters. The van der Waals surface area contributed by atoms with Crippen molar-refractivity contribution in [3.63, 3.8) is 0 Å². The van der Waals surface area contributed by atoms with Gasteiger partial charge in [-0.1, -0.05) is 24.3 Å². The maximum atomic E-state index is 4.64. The summed E-state index contributed by atoms with van der Waals surface area (Å²) in [5, 5.41) is 12.6. The third-order valence-electron chi connectivity index (χ3n) is 3.12. The molecular formula is C14H10N4. The van der Waals surface area contributed by atoms with E-state index in [0.717, 1.165) is 22.9 Å². The molecule has 1 aliphatic heterocycles. The number of nitrogens with zero attached hydrogens (tertiary/aromatic N) is 2. The van der Waals surface area contributed by atoms with Gasteiger partial charge in [-0.15, -0.1) is 0 Å². The lowest BCUT2D eigenvalue weighted by atomic mass is 10.1. The predicted molar refractivity (Wildman–Crippen MR) is 72.4 cm³/mol. The molecule has 2 N–H and O–H groups in total. The fourth-order valence-corrected chi connectivity index (χ4v) is 2.31. The predicted octanol–water partition coefficient (Wildman–Crippen LogP) is 3.07. The van der Waals surface area contributed by atoms with Crippen LogP contribution in [0.15, 0.2) is 53.7 Å². The van der Waals surface area contributed by atoms with Crippen LogP contribution >= 0.6 is 0 Å². The number of nitrogens with one attached hydrogen (secondary N) is 2. The van der Waals surface area contributed by atoms with Crippen molar-refractivity contribution in [3.8, 4) is 0 Å². The molecule has 2 heterocycles. The molecule has 18 heavy (non-hydrogen) atoms. The van der Waals surface area contributed by atoms with Crippen LogP contribution in [0.2, 0.25) is 0 Å². The summed E-state index contributed by atoms with van der Waals surface area (Å²) in [6.45, 7) is 0. The Morgan fingerprint density at radius 1 is 0.944 bits per heavy atom. The maximum absolute atomic E-state index is 4.64. The van der Waals surface area contributed by atoms with E-state index in [4.69, 9.17) is 0 Å². The van der Waals surface area contributed by atoms with Crippen molar-refractivity contribution in [2.45, 2.75) is 0 Å². The molecule has 0 aliphatic carbocycles. The average Bonchev–Trinajstić information content (AvgIpc) is 2.93. The van der Waals surface area contributed by atoms with Gasteiger partial charge in [0.1, 0.15) is 5.69 Å². The summed E-state index contributed by atoms with van der Waals surface area (Å²) in [6.07, 6.45) is 1.72. The molecule has 0 saturated carbocycles. The van der Waals surface area contributed by atoms with Gasteiger partial charge in [-0.2, -0.15) is 5.10 Å². The summed E-state index contributed by atoms with van der Waals surface area (Å²) in [5.41, 5.74) is 2.97. The Kier molecular flexibility index (Phi) is 1.80. The Balaban J connectivity index is 2.00. The lowest BCUT2D eigenvalue weighted by molar-refractivity contribution is 1.08. The zero-order chi connectivity index (χ0) is 11.9. The van der Waals surface area contributed by atoms with Crippen LogP contribution in [0.1, 0.15) is 5.69 Å². The van der Waals surface area contributed by atoms with Crippen LogP contribution in [-0.4, -0.2) is 16.0 Å². The minimum Gasteiger partial charge on any atom is -0.338 e. The number of H-pyrrole nitrogens is 1. The van der Waals surface area contributed by atoms with Crippen LogP contribution in [0.25, 0.3) is 10.8 Å². The standard InChI is InChI=1S/C14H10N4/c1-3-9-4-2-6-11-13(9)10(5-1)16-14(17-11)12-7-8-15-18-12/h1-8H,(H,15,18)(H,16,17). The second kappa shape index (κ2) is 3.43. The average molecular weight is 234 g/mol. The van der Waals surface area contributed by atoms with E-state index >= 15 is 0 Å². The van der Waals surface area contributed by atoms with Crippen molar-refractivity contribution < 1.29 is 0 Å². The van der Waals surface area contributed by atoms with Crippen molar-refractivity contribution in [2.75, 3.05) is 5.32 Å². The van der Waals surface area contributed by atoms with Crippen LogP contribution < -0.4 is 5.32 Å². The zero-order valence-corrected chi connectivity index (χ0v) is 9.51. The highest BCUT2D eigenvalue weighted by Gasteiger charge is 2.15. The first kappa shape index (κ1) is 9.41. The minimum atomic E-state index is 0.804. The molecule has 4 rings (SSSR count). The van der Waals surface area contributed by atoms with E-state index in [2.05, 4.69) is 38.7 Å². The van der Waals surface area contributed by atoms with Gasteiger partial charge in [-0.3, -0.25) is 5.10 Å². The van der Waals surface area contributed by atoms with Crippen LogP contribution in [-0.2, 0) is 0 Å². The van der Waals surface area contributed by atoms with E-state index in [9.17, 15) is 0 Å². The molecule has 0 spiro atoms. The third kappa shape index (κ3) is 1.26. The van der Waals surface area contributed by atoms with Crippen molar-refractivity contribution in [1.82, 2.24) is 10.2 Å². The van der Waals surface area contributed by atoms with Crippen molar-refractivity contribution in [2.24, 2.45) is 4.99 Å². The highest BCUT2D eigenvalue weighted by molar-refractivity contribution is 6.18. The summed E-state index contributed by atoms with van der Waals surface area (Å²) < 4.78 is 0. The van der Waals surface area contributed by atoms with Gasteiger partial charge in [0, 0.05) is 17.3 Å². The zero-order valence-electron chi connectivity index (χ0n) is 9.51. The molecular weight excluding hydrogens is 224 g/mol. The van der Waals surface area contributed by atoms with Crippen molar-refractivity contribution in [1.29, 1.82) is 0 Å². The molecule has 2 aromatic carbocycles. The van der Waals surface area contributed by atoms with Gasteiger partial charge < -0.3 is 5.32 Å². The molecule has 0 amide bonds. The second-order valence-corrected chi connectivity index (χ2v) is 4.24. The Bertz CT molecular complexity index is 751. The monoisotopic (exact) mass is 234 g/mol. The molecule has 3 aromatic rings. The van der Waals surface area contributed by atoms with E-state index in [1.807, 2.05) is 24.3 Å². The topological polar surface area (TPSA) is 53.1 Å². The molecule has 1 aromatic heterocycles. The number of amidine groups is 1. The van der Waals surface area contributed by atoms with E-state index in [1.54, 1.807) is 6.20 Å². The van der Waals surface area contributed by atoms with E-state index in [-0.39, 0.29) is 0 Å². The largest absolute Gasteiger partial charge is 0.338 e. The summed E-state index contributed by atoms with van der Waals surface area (Å²) in [7, 11) is 0. The normalized spacial score (nSPS) is 13.2. The van der Waals surface area contributed by atoms with Crippen LogP contribution in [0.3, 0.4) is 0 Å². The smallest absolute Gasteiger partial charge is 0.156 e. The van der Waals surface area contributed by atoms with E-state index < -0.39 is 0 Å². The lowest BCUT2D eigenvalue weighted by Gasteiger charge is -2.17. The van der Waals surface area contributed by atoms with Gasteiger partial charge in [-0.05, 0) is 23.6 Å². The molecule has 0 bridgehead atoms. The number of aliphatic imine (C=N–C) groups is 1. The van der Waals surface area contributed by atoms with Gasteiger partial charge in [0.2, 0.25) is 0 Å². The number of benzene rings is 2. The van der Waals surface area contributed by atoms with Crippen LogP contribution in [0.4, 0.5) is 11.4 Å². The maximum Gasteiger partial charge on any atom is 0.156 e. The highest BCUT2D eigenvalue weighted by Crippen LogP contribution is 2.35. The molecule has 4 heteroatoms. The van der Waals surface area contributed by atoms with Gasteiger partial charge in [0.25, 0.3) is 0 Å². The molecule has 0 saturated heterocycles. The summed E-state index contributed by atoms with van der Waals surface area (Å²) >= 11 is 0. The van der Waals surface area contributed by atoms with Crippen molar-refractivity contribution in [3.05, 3.63) is 54.4 Å². The molecule has 86 valence electrons. The van der Waals surface area contributed by atoms with Gasteiger partial charge in [-0.25, -0.2) is 4.99 Å². The third-order valence-corrected chi connectivity index (χ3v) is 3.12. The number of aromatic nitrogens is 2. The Hall–Kier alpha value is -2.62. The Labute approximate surface area is 103 Å². The number of hydrogen-bond acceptors (Lipinski definition) is 3. The lowest BCUT2D eigenvalue weighted by Crippen LogP contribution is -2.16. The van der Waals surface area contributed by atoms with Gasteiger partial charge in [0.05, 0.1) is 5.69 Å². The number of anilines is 1. The van der Waals surface area contributed by atoms with Crippen molar-refractivity contribution >= 4 is 28.0 Å². The van der Waals surface area contributed by atoms with Gasteiger partial charge >= 0.3 is 0 Å². The summed E-state index contributed by atoms with van der Waals surface area (Å²) in [6, 6.07) is 14.3. The molecule has 0 atom stereocenters. The van der Waals surface area contributed by atoms with E-state index in [1.165, 1.54) is 10.8 Å². The molecule has 0 radical (unpaired) electrons. The first-order chi connectivity index (χ1) is 8.92.